The Labute approximate surface area is 126 Å². The lowest BCUT2D eigenvalue weighted by molar-refractivity contribution is -0.385. The molecule has 0 spiro atoms. The summed E-state index contributed by atoms with van der Waals surface area (Å²) >= 11 is 0. The number of hydrogen-bond acceptors (Lipinski definition) is 5. The van der Waals surface area contributed by atoms with Gasteiger partial charge in [-0.1, -0.05) is 0 Å². The van der Waals surface area contributed by atoms with Crippen molar-refractivity contribution >= 4 is 24.2 Å². The highest BCUT2D eigenvalue weighted by Crippen LogP contribution is 2.37. The number of benzene rings is 1. The summed E-state index contributed by atoms with van der Waals surface area (Å²) in [5.41, 5.74) is -3.09. The highest BCUT2D eigenvalue weighted by Gasteiger charge is 2.52. The van der Waals surface area contributed by atoms with Gasteiger partial charge in [0.2, 0.25) is 0 Å². The standard InChI is InChI=1S/C13H15BFNO6/c1-12(2)13(3,4)22-14(21-12)8-5-7(11(17)18)10(16(19)20)6-9(8)15/h5-6H,1-4H3,(H,17,18). The van der Waals surface area contributed by atoms with Crippen LogP contribution < -0.4 is 5.46 Å². The average molecular weight is 311 g/mol. The first-order chi connectivity index (χ1) is 9.96. The minimum absolute atomic E-state index is 0.179. The summed E-state index contributed by atoms with van der Waals surface area (Å²) in [6.07, 6.45) is 0. The fraction of sp³-hybridized carbons (Fsp3) is 0.462. The van der Waals surface area contributed by atoms with Crippen LogP contribution in [0.4, 0.5) is 10.1 Å². The number of hydrogen-bond donors (Lipinski definition) is 1. The van der Waals surface area contributed by atoms with Crippen molar-refractivity contribution in [3.8, 4) is 0 Å². The van der Waals surface area contributed by atoms with Crippen molar-refractivity contribution < 1.29 is 28.5 Å². The summed E-state index contributed by atoms with van der Waals surface area (Å²) in [7, 11) is -1.14. The van der Waals surface area contributed by atoms with E-state index in [1.807, 2.05) is 0 Å². The average Bonchev–Trinajstić information content (AvgIpc) is 2.57. The maximum absolute atomic E-state index is 14.2. The van der Waals surface area contributed by atoms with Crippen molar-refractivity contribution in [3.05, 3.63) is 33.6 Å². The Hall–Kier alpha value is -2.00. The lowest BCUT2D eigenvalue weighted by Crippen LogP contribution is -2.41. The van der Waals surface area contributed by atoms with Crippen LogP contribution in [0.2, 0.25) is 0 Å². The molecule has 1 heterocycles. The van der Waals surface area contributed by atoms with E-state index in [1.54, 1.807) is 27.7 Å². The Bertz CT molecular complexity index is 644. The van der Waals surface area contributed by atoms with Gasteiger partial charge in [-0.2, -0.15) is 0 Å². The van der Waals surface area contributed by atoms with Gasteiger partial charge in [0.1, 0.15) is 11.4 Å². The summed E-state index contributed by atoms with van der Waals surface area (Å²) < 4.78 is 25.4. The first-order valence-electron chi connectivity index (χ1n) is 6.53. The van der Waals surface area contributed by atoms with E-state index in [9.17, 15) is 19.3 Å². The molecule has 0 radical (unpaired) electrons. The van der Waals surface area contributed by atoms with Crippen molar-refractivity contribution in [1.29, 1.82) is 0 Å². The quantitative estimate of drug-likeness (QED) is 0.518. The normalized spacial score (nSPS) is 19.2. The van der Waals surface area contributed by atoms with E-state index in [-0.39, 0.29) is 5.46 Å². The lowest BCUT2D eigenvalue weighted by Gasteiger charge is -2.32. The van der Waals surface area contributed by atoms with Crippen LogP contribution in [0.3, 0.4) is 0 Å². The minimum atomic E-state index is -1.52. The van der Waals surface area contributed by atoms with Gasteiger partial charge in [0.05, 0.1) is 22.2 Å². The van der Waals surface area contributed by atoms with Gasteiger partial charge < -0.3 is 14.4 Å². The zero-order chi connectivity index (χ0) is 16.9. The number of nitro benzene ring substituents is 1. The van der Waals surface area contributed by atoms with E-state index in [0.29, 0.717) is 6.07 Å². The Balaban J connectivity index is 2.52. The van der Waals surface area contributed by atoms with E-state index in [0.717, 1.165) is 6.07 Å². The van der Waals surface area contributed by atoms with E-state index in [4.69, 9.17) is 14.4 Å². The Morgan fingerprint density at radius 3 is 2.18 bits per heavy atom. The minimum Gasteiger partial charge on any atom is -0.477 e. The van der Waals surface area contributed by atoms with Gasteiger partial charge in [-0.3, -0.25) is 10.1 Å². The van der Waals surface area contributed by atoms with Gasteiger partial charge in [0, 0.05) is 5.46 Å². The maximum Gasteiger partial charge on any atom is 0.497 e. The summed E-state index contributed by atoms with van der Waals surface area (Å²) in [5, 5.41) is 19.9. The third kappa shape index (κ3) is 2.57. The number of nitro groups is 1. The van der Waals surface area contributed by atoms with Crippen LogP contribution in [-0.2, 0) is 9.31 Å². The van der Waals surface area contributed by atoms with Gasteiger partial charge in [-0.15, -0.1) is 0 Å². The number of carboxylic acid groups (broad SMARTS) is 1. The highest BCUT2D eigenvalue weighted by molar-refractivity contribution is 6.62. The molecule has 1 aromatic carbocycles. The summed E-state index contributed by atoms with van der Waals surface area (Å²) in [6.45, 7) is 7.03. The van der Waals surface area contributed by atoms with Gasteiger partial charge in [0.15, 0.2) is 0 Å². The zero-order valence-corrected chi connectivity index (χ0v) is 12.5. The van der Waals surface area contributed by atoms with Crippen LogP contribution >= 0.6 is 0 Å². The van der Waals surface area contributed by atoms with Crippen LogP contribution in [0.15, 0.2) is 12.1 Å². The maximum atomic E-state index is 14.2. The molecule has 22 heavy (non-hydrogen) atoms. The molecule has 1 aromatic rings. The molecule has 0 atom stereocenters. The third-order valence-corrected chi connectivity index (χ3v) is 4.05. The van der Waals surface area contributed by atoms with Crippen LogP contribution in [0.1, 0.15) is 38.1 Å². The smallest absolute Gasteiger partial charge is 0.477 e. The summed E-state index contributed by atoms with van der Waals surface area (Å²) in [4.78, 5) is 21.0. The predicted octanol–water partition coefficient (Wildman–Crippen LogP) is 1.73. The van der Waals surface area contributed by atoms with E-state index in [1.165, 1.54) is 0 Å². The molecule has 0 unspecified atom stereocenters. The van der Waals surface area contributed by atoms with Crippen LogP contribution in [0, 0.1) is 15.9 Å². The molecule has 0 amide bonds. The second-order valence-electron chi connectivity index (χ2n) is 6.04. The van der Waals surface area contributed by atoms with Gasteiger partial charge in [0.25, 0.3) is 5.69 Å². The second-order valence-corrected chi connectivity index (χ2v) is 6.04. The molecule has 118 valence electrons. The molecule has 2 rings (SSSR count). The number of carbonyl (C=O) groups is 1. The van der Waals surface area contributed by atoms with Crippen LogP contribution in [0.25, 0.3) is 0 Å². The number of carboxylic acids is 1. The van der Waals surface area contributed by atoms with Crippen molar-refractivity contribution in [2.45, 2.75) is 38.9 Å². The molecule has 1 aliphatic rings. The fourth-order valence-electron chi connectivity index (χ4n) is 2.05. The van der Waals surface area contributed by atoms with E-state index < -0.39 is 46.3 Å². The molecule has 1 saturated heterocycles. The molecule has 1 fully saturated rings. The Morgan fingerprint density at radius 1 is 1.27 bits per heavy atom. The number of aromatic carboxylic acids is 1. The zero-order valence-electron chi connectivity index (χ0n) is 12.5. The molecule has 7 nitrogen and oxygen atoms in total. The Kier molecular flexibility index (Phi) is 3.74. The van der Waals surface area contributed by atoms with Crippen molar-refractivity contribution in [1.82, 2.24) is 0 Å². The lowest BCUT2D eigenvalue weighted by atomic mass is 9.77. The molecule has 0 aliphatic carbocycles. The highest BCUT2D eigenvalue weighted by atomic mass is 19.1. The monoisotopic (exact) mass is 311 g/mol. The molecular weight excluding hydrogens is 296 g/mol. The Morgan fingerprint density at radius 2 is 1.77 bits per heavy atom. The van der Waals surface area contributed by atoms with E-state index >= 15 is 0 Å². The molecule has 1 N–H and O–H groups in total. The molecule has 9 heteroatoms. The predicted molar refractivity (Wildman–Crippen MR) is 75.7 cm³/mol. The third-order valence-electron chi connectivity index (χ3n) is 4.05. The number of rotatable bonds is 3. The summed E-state index contributed by atoms with van der Waals surface area (Å²) in [5.74, 6) is -2.47. The van der Waals surface area contributed by atoms with Crippen LogP contribution in [0.5, 0.6) is 0 Å². The van der Waals surface area contributed by atoms with Gasteiger partial charge in [-0.25, -0.2) is 9.18 Å². The van der Waals surface area contributed by atoms with Crippen molar-refractivity contribution in [2.24, 2.45) is 0 Å². The first kappa shape index (κ1) is 16.4. The van der Waals surface area contributed by atoms with Crippen molar-refractivity contribution in [3.63, 3.8) is 0 Å². The molecule has 0 bridgehead atoms. The largest absolute Gasteiger partial charge is 0.497 e. The van der Waals surface area contributed by atoms with Gasteiger partial charge in [-0.05, 0) is 33.8 Å². The van der Waals surface area contributed by atoms with Gasteiger partial charge >= 0.3 is 13.1 Å². The fourth-order valence-corrected chi connectivity index (χ4v) is 2.05. The molecule has 0 saturated carbocycles. The molecule has 1 aliphatic heterocycles. The SMILES string of the molecule is CC1(C)OB(c2cc(C(=O)O)c([N+](=O)[O-])cc2F)OC1(C)C. The topological polar surface area (TPSA) is 98.9 Å². The molecule has 0 aromatic heterocycles. The number of halogens is 1. The van der Waals surface area contributed by atoms with Crippen molar-refractivity contribution in [2.75, 3.05) is 0 Å². The number of nitrogens with zero attached hydrogens (tertiary/aromatic N) is 1. The second kappa shape index (κ2) is 5.03. The molecular formula is C13H15BFNO6. The summed E-state index contributed by atoms with van der Waals surface area (Å²) in [6, 6.07) is 1.46. The van der Waals surface area contributed by atoms with E-state index in [2.05, 4.69) is 0 Å². The first-order valence-corrected chi connectivity index (χ1v) is 6.53. The van der Waals surface area contributed by atoms with Crippen LogP contribution in [-0.4, -0.2) is 34.3 Å².